The molecule has 0 saturated carbocycles. The van der Waals surface area contributed by atoms with Crippen molar-refractivity contribution in [2.45, 2.75) is 13.3 Å². The Morgan fingerprint density at radius 1 is 1.33 bits per heavy atom. The molecule has 124 valence electrons. The van der Waals surface area contributed by atoms with E-state index < -0.39 is 5.97 Å². The number of rotatable bonds is 7. The van der Waals surface area contributed by atoms with Crippen LogP contribution in [-0.2, 0) is 4.74 Å². The first kappa shape index (κ1) is 17.2. The number of nitriles is 1. The van der Waals surface area contributed by atoms with Gasteiger partial charge in [0.15, 0.2) is 5.82 Å². The quantitative estimate of drug-likeness (QED) is 0.617. The minimum atomic E-state index is -0.502. The van der Waals surface area contributed by atoms with Crippen molar-refractivity contribution in [2.24, 2.45) is 0 Å². The zero-order valence-corrected chi connectivity index (χ0v) is 13.6. The molecule has 0 aliphatic heterocycles. The van der Waals surface area contributed by atoms with E-state index in [0.717, 1.165) is 11.3 Å². The fourth-order valence-corrected chi connectivity index (χ4v) is 1.99. The number of ether oxygens (including phenoxy) is 2. The first-order valence-corrected chi connectivity index (χ1v) is 7.49. The van der Waals surface area contributed by atoms with E-state index in [-0.39, 0.29) is 12.2 Å². The molecule has 1 heterocycles. The smallest absolute Gasteiger partial charge is 0.343 e. The number of nitrogens with one attached hydrogen (secondary N) is 1. The van der Waals surface area contributed by atoms with Crippen LogP contribution in [0, 0.1) is 11.3 Å². The summed E-state index contributed by atoms with van der Waals surface area (Å²) in [6, 6.07) is 9.31. The topological polar surface area (TPSA) is 97.1 Å². The van der Waals surface area contributed by atoms with E-state index >= 15 is 0 Å². The van der Waals surface area contributed by atoms with Gasteiger partial charge in [-0.3, -0.25) is 0 Å². The van der Waals surface area contributed by atoms with Crippen LogP contribution in [0.3, 0.4) is 0 Å². The highest BCUT2D eigenvalue weighted by molar-refractivity contribution is 5.94. The summed E-state index contributed by atoms with van der Waals surface area (Å²) in [6.45, 7) is 2.37. The molecule has 7 nitrogen and oxygen atoms in total. The van der Waals surface area contributed by atoms with Gasteiger partial charge in [-0.05, 0) is 31.2 Å². The number of hydrogen-bond acceptors (Lipinski definition) is 7. The van der Waals surface area contributed by atoms with Gasteiger partial charge in [-0.1, -0.05) is 0 Å². The molecule has 0 saturated heterocycles. The average Bonchev–Trinajstić information content (AvgIpc) is 2.62. The maximum Gasteiger partial charge on any atom is 0.343 e. The van der Waals surface area contributed by atoms with Crippen molar-refractivity contribution in [1.82, 2.24) is 9.97 Å². The Hall–Kier alpha value is -3.14. The molecule has 0 bridgehead atoms. The van der Waals surface area contributed by atoms with E-state index in [1.54, 1.807) is 26.2 Å². The molecule has 0 fully saturated rings. The highest BCUT2D eigenvalue weighted by atomic mass is 16.5. The molecule has 0 aliphatic carbocycles. The molecule has 1 aromatic heterocycles. The number of carbonyl (C=O) groups excluding carboxylic acids is 1. The van der Waals surface area contributed by atoms with Crippen LogP contribution >= 0.6 is 0 Å². The Morgan fingerprint density at radius 2 is 2.08 bits per heavy atom. The van der Waals surface area contributed by atoms with Crippen LogP contribution in [0.1, 0.15) is 23.7 Å². The number of hydrogen-bond donors (Lipinski definition) is 1. The first-order valence-electron chi connectivity index (χ1n) is 7.49. The number of nitrogens with zero attached hydrogens (tertiary/aromatic N) is 3. The summed E-state index contributed by atoms with van der Waals surface area (Å²) in [5.74, 6) is 1.04. The third-order valence-electron chi connectivity index (χ3n) is 3.16. The number of carbonyl (C=O) groups is 1. The summed E-state index contributed by atoms with van der Waals surface area (Å²) >= 11 is 0. The second-order valence-electron chi connectivity index (χ2n) is 4.74. The van der Waals surface area contributed by atoms with E-state index in [2.05, 4.69) is 15.3 Å². The Morgan fingerprint density at radius 3 is 2.71 bits per heavy atom. The monoisotopic (exact) mass is 326 g/mol. The SMILES string of the molecule is CCOC(=O)c1cnc(-c2ccc(OC)cc2)nc1NCCC#N. The highest BCUT2D eigenvalue weighted by Crippen LogP contribution is 2.22. The van der Waals surface area contributed by atoms with E-state index in [1.165, 1.54) is 6.20 Å². The van der Waals surface area contributed by atoms with Crippen molar-refractivity contribution < 1.29 is 14.3 Å². The van der Waals surface area contributed by atoms with Crippen molar-refractivity contribution >= 4 is 11.8 Å². The lowest BCUT2D eigenvalue weighted by Crippen LogP contribution is -2.13. The summed E-state index contributed by atoms with van der Waals surface area (Å²) < 4.78 is 10.1. The van der Waals surface area contributed by atoms with Gasteiger partial charge in [-0.25, -0.2) is 14.8 Å². The van der Waals surface area contributed by atoms with Crippen LogP contribution in [0.5, 0.6) is 5.75 Å². The van der Waals surface area contributed by atoms with Gasteiger partial charge in [0, 0.05) is 18.3 Å². The van der Waals surface area contributed by atoms with Crippen LogP contribution in [-0.4, -0.2) is 36.2 Å². The van der Waals surface area contributed by atoms with Crippen molar-refractivity contribution in [3.8, 4) is 23.2 Å². The van der Waals surface area contributed by atoms with Crippen LogP contribution in [0.4, 0.5) is 5.82 Å². The molecule has 7 heteroatoms. The molecule has 0 amide bonds. The summed E-state index contributed by atoms with van der Waals surface area (Å²) in [5.41, 5.74) is 1.03. The summed E-state index contributed by atoms with van der Waals surface area (Å²) in [6.07, 6.45) is 1.73. The molecule has 1 aromatic carbocycles. The standard InChI is InChI=1S/C17H18N4O3/c1-3-24-17(22)14-11-20-15(21-16(14)19-10-4-9-18)12-5-7-13(23-2)8-6-12/h5-8,11H,3-4,10H2,1-2H3,(H,19,20,21). The molecule has 24 heavy (non-hydrogen) atoms. The summed E-state index contributed by atoms with van der Waals surface area (Å²) in [5, 5.41) is 11.6. The lowest BCUT2D eigenvalue weighted by molar-refractivity contribution is 0.0526. The molecule has 0 unspecified atom stereocenters. The van der Waals surface area contributed by atoms with Crippen molar-refractivity contribution in [1.29, 1.82) is 5.26 Å². The van der Waals surface area contributed by atoms with Gasteiger partial charge >= 0.3 is 5.97 Å². The van der Waals surface area contributed by atoms with Crippen molar-refractivity contribution in [3.05, 3.63) is 36.0 Å². The Bertz CT molecular complexity index is 738. The molecule has 2 aromatic rings. The predicted molar refractivity (Wildman–Crippen MR) is 88.7 cm³/mol. The lowest BCUT2D eigenvalue weighted by Gasteiger charge is -2.11. The molecule has 0 aliphatic rings. The molecule has 0 atom stereocenters. The third-order valence-corrected chi connectivity index (χ3v) is 3.16. The van der Waals surface area contributed by atoms with Gasteiger partial charge in [-0.15, -0.1) is 0 Å². The van der Waals surface area contributed by atoms with Crippen LogP contribution in [0.15, 0.2) is 30.5 Å². The predicted octanol–water partition coefficient (Wildman–Crippen LogP) is 2.65. The molecular weight excluding hydrogens is 308 g/mol. The molecule has 1 N–H and O–H groups in total. The highest BCUT2D eigenvalue weighted by Gasteiger charge is 2.16. The fourth-order valence-electron chi connectivity index (χ4n) is 1.99. The fraction of sp³-hybridized carbons (Fsp3) is 0.294. The normalized spacial score (nSPS) is 9.88. The van der Waals surface area contributed by atoms with Crippen LogP contribution in [0.2, 0.25) is 0 Å². The Balaban J connectivity index is 2.34. The molecule has 0 radical (unpaired) electrons. The second-order valence-corrected chi connectivity index (χ2v) is 4.74. The average molecular weight is 326 g/mol. The number of benzene rings is 1. The van der Waals surface area contributed by atoms with E-state index in [4.69, 9.17) is 14.7 Å². The van der Waals surface area contributed by atoms with Gasteiger partial charge in [0.1, 0.15) is 17.1 Å². The van der Waals surface area contributed by atoms with Crippen molar-refractivity contribution in [2.75, 3.05) is 25.6 Å². The van der Waals surface area contributed by atoms with Crippen LogP contribution < -0.4 is 10.1 Å². The number of anilines is 1. The number of aromatic nitrogens is 2. The second kappa shape index (κ2) is 8.48. The third kappa shape index (κ3) is 4.20. The lowest BCUT2D eigenvalue weighted by atomic mass is 10.2. The van der Waals surface area contributed by atoms with Gasteiger partial charge in [0.25, 0.3) is 0 Å². The Kier molecular flexibility index (Phi) is 6.08. The van der Waals surface area contributed by atoms with Gasteiger partial charge in [0.05, 0.1) is 26.2 Å². The van der Waals surface area contributed by atoms with Gasteiger partial charge in [0.2, 0.25) is 0 Å². The van der Waals surface area contributed by atoms with Gasteiger partial charge in [-0.2, -0.15) is 5.26 Å². The van der Waals surface area contributed by atoms with Crippen LogP contribution in [0.25, 0.3) is 11.4 Å². The summed E-state index contributed by atoms with van der Waals surface area (Å²) in [7, 11) is 1.59. The minimum absolute atomic E-state index is 0.243. The maximum atomic E-state index is 12.0. The zero-order valence-electron chi connectivity index (χ0n) is 13.6. The minimum Gasteiger partial charge on any atom is -0.497 e. The largest absolute Gasteiger partial charge is 0.497 e. The maximum absolute atomic E-state index is 12.0. The van der Waals surface area contributed by atoms with Crippen molar-refractivity contribution in [3.63, 3.8) is 0 Å². The first-order chi connectivity index (χ1) is 11.7. The zero-order chi connectivity index (χ0) is 17.4. The molecule has 0 spiro atoms. The Labute approximate surface area is 140 Å². The molecule has 2 rings (SSSR count). The number of methoxy groups -OCH3 is 1. The van der Waals surface area contributed by atoms with E-state index in [0.29, 0.717) is 24.6 Å². The van der Waals surface area contributed by atoms with E-state index in [9.17, 15) is 4.79 Å². The van der Waals surface area contributed by atoms with Gasteiger partial charge < -0.3 is 14.8 Å². The van der Waals surface area contributed by atoms with E-state index in [1.807, 2.05) is 18.2 Å². The molecular formula is C17H18N4O3. The summed E-state index contributed by atoms with van der Waals surface area (Å²) in [4.78, 5) is 20.6. The number of esters is 1.